The summed E-state index contributed by atoms with van der Waals surface area (Å²) >= 11 is 1.85. The molecule has 0 atom stereocenters. The zero-order chi connectivity index (χ0) is 23.9. The second-order valence-electron chi connectivity index (χ2n) is 9.09. The van der Waals surface area contributed by atoms with Crippen LogP contribution in [0.15, 0.2) is 133 Å². The van der Waals surface area contributed by atoms with Gasteiger partial charge in [0, 0.05) is 26.7 Å². The van der Waals surface area contributed by atoms with E-state index >= 15 is 0 Å². The molecule has 1 N–H and O–H groups in total. The molecule has 7 rings (SSSR count). The minimum absolute atomic E-state index is 1.11. The van der Waals surface area contributed by atoms with Crippen molar-refractivity contribution in [2.24, 2.45) is 0 Å². The van der Waals surface area contributed by atoms with Crippen LogP contribution in [0.5, 0.6) is 0 Å². The van der Waals surface area contributed by atoms with Crippen molar-refractivity contribution in [2.75, 3.05) is 5.32 Å². The van der Waals surface area contributed by atoms with Crippen molar-refractivity contribution in [3.05, 3.63) is 133 Å². The average molecular weight is 478 g/mol. The molecule has 2 heteroatoms. The average Bonchev–Trinajstić information content (AvgIpc) is 3.33. The van der Waals surface area contributed by atoms with Gasteiger partial charge in [0.2, 0.25) is 0 Å². The Bertz CT molecular complexity index is 1860. The van der Waals surface area contributed by atoms with E-state index < -0.39 is 0 Å². The summed E-state index contributed by atoms with van der Waals surface area (Å²) in [6.07, 6.45) is 0. The van der Waals surface area contributed by atoms with Crippen LogP contribution in [0.2, 0.25) is 0 Å². The van der Waals surface area contributed by atoms with Crippen molar-refractivity contribution < 1.29 is 0 Å². The van der Waals surface area contributed by atoms with Gasteiger partial charge in [-0.1, -0.05) is 103 Å². The number of para-hydroxylation sites is 1. The van der Waals surface area contributed by atoms with Crippen molar-refractivity contribution in [2.45, 2.75) is 0 Å². The van der Waals surface area contributed by atoms with Crippen LogP contribution in [0.4, 0.5) is 11.4 Å². The number of rotatable bonds is 4. The van der Waals surface area contributed by atoms with Gasteiger partial charge in [0.25, 0.3) is 0 Å². The van der Waals surface area contributed by atoms with E-state index in [0.717, 1.165) is 11.4 Å². The summed E-state index contributed by atoms with van der Waals surface area (Å²) in [7, 11) is 0. The fourth-order valence-corrected chi connectivity index (χ4v) is 6.20. The van der Waals surface area contributed by atoms with Crippen molar-refractivity contribution >= 4 is 53.7 Å². The minimum Gasteiger partial charge on any atom is -0.354 e. The lowest BCUT2D eigenvalue weighted by Gasteiger charge is -2.14. The van der Waals surface area contributed by atoms with E-state index in [4.69, 9.17) is 0 Å². The molecule has 1 heterocycles. The normalized spacial score (nSPS) is 11.3. The Morgan fingerprint density at radius 2 is 1.19 bits per heavy atom. The molecule has 6 aromatic carbocycles. The summed E-state index contributed by atoms with van der Waals surface area (Å²) < 4.78 is 2.59. The third-order valence-corrected chi connectivity index (χ3v) is 8.08. The molecule has 0 fully saturated rings. The summed E-state index contributed by atoms with van der Waals surface area (Å²) in [5.41, 5.74) is 7.17. The first-order valence-electron chi connectivity index (χ1n) is 12.2. The van der Waals surface area contributed by atoms with E-state index in [1.807, 2.05) is 11.3 Å². The van der Waals surface area contributed by atoms with E-state index in [1.165, 1.54) is 53.2 Å². The Hall–Kier alpha value is -4.40. The zero-order valence-corrected chi connectivity index (χ0v) is 20.4. The number of fused-ring (bicyclic) bond motifs is 4. The maximum absolute atomic E-state index is 3.78. The highest BCUT2D eigenvalue weighted by Gasteiger charge is 2.12. The predicted molar refractivity (Wildman–Crippen MR) is 157 cm³/mol. The lowest BCUT2D eigenvalue weighted by atomic mass is 9.99. The molecule has 170 valence electrons. The lowest BCUT2D eigenvalue weighted by molar-refractivity contribution is 1.57. The number of hydrogen-bond donors (Lipinski definition) is 1. The molecule has 0 aliphatic carbocycles. The minimum atomic E-state index is 1.11. The van der Waals surface area contributed by atoms with Crippen molar-refractivity contribution in [1.82, 2.24) is 0 Å². The van der Waals surface area contributed by atoms with E-state index in [2.05, 4.69) is 139 Å². The van der Waals surface area contributed by atoms with Crippen LogP contribution in [-0.4, -0.2) is 0 Å². The molecular weight excluding hydrogens is 454 g/mol. The van der Waals surface area contributed by atoms with Gasteiger partial charge in [-0.25, -0.2) is 0 Å². The fraction of sp³-hybridized carbons (Fsp3) is 0. The summed E-state index contributed by atoms with van der Waals surface area (Å²) in [6, 6.07) is 47.8. The lowest BCUT2D eigenvalue weighted by Crippen LogP contribution is -1.93. The van der Waals surface area contributed by atoms with Crippen molar-refractivity contribution in [1.29, 1.82) is 0 Å². The summed E-state index contributed by atoms with van der Waals surface area (Å²) in [6.45, 7) is 0. The molecule has 0 spiro atoms. The van der Waals surface area contributed by atoms with Gasteiger partial charge in [-0.05, 0) is 57.8 Å². The molecule has 0 aliphatic heterocycles. The molecule has 0 radical (unpaired) electrons. The Morgan fingerprint density at radius 1 is 0.444 bits per heavy atom. The molecule has 1 nitrogen and oxygen atoms in total. The second kappa shape index (κ2) is 8.67. The monoisotopic (exact) mass is 477 g/mol. The zero-order valence-electron chi connectivity index (χ0n) is 19.6. The van der Waals surface area contributed by atoms with Crippen molar-refractivity contribution in [3.8, 4) is 22.3 Å². The molecule has 0 amide bonds. The highest BCUT2D eigenvalue weighted by molar-refractivity contribution is 7.26. The maximum Gasteiger partial charge on any atom is 0.0590 e. The number of nitrogens with one attached hydrogen (secondary N) is 1. The van der Waals surface area contributed by atoms with Gasteiger partial charge < -0.3 is 5.32 Å². The number of hydrogen-bond acceptors (Lipinski definition) is 2. The van der Waals surface area contributed by atoms with E-state index in [1.54, 1.807) is 0 Å². The first kappa shape index (κ1) is 20.9. The Balaban J connectivity index is 1.32. The molecule has 1 aromatic heterocycles. The van der Waals surface area contributed by atoms with Crippen LogP contribution in [-0.2, 0) is 0 Å². The van der Waals surface area contributed by atoms with Gasteiger partial charge in [0.1, 0.15) is 0 Å². The SMILES string of the molecule is c1ccc(-c2ccc3sc4c(Nc5ccccc5-c5ccc6ccccc6c5)cccc4c3c2)cc1. The Labute approximate surface area is 214 Å². The topological polar surface area (TPSA) is 12.0 Å². The molecule has 0 saturated carbocycles. The molecule has 0 unspecified atom stereocenters. The van der Waals surface area contributed by atoms with E-state index in [0.29, 0.717) is 0 Å². The first-order valence-corrected chi connectivity index (χ1v) is 13.0. The maximum atomic E-state index is 3.78. The van der Waals surface area contributed by atoms with E-state index in [9.17, 15) is 0 Å². The highest BCUT2D eigenvalue weighted by atomic mass is 32.1. The fourth-order valence-electron chi connectivity index (χ4n) is 5.05. The molecule has 36 heavy (non-hydrogen) atoms. The number of anilines is 2. The third kappa shape index (κ3) is 3.64. The van der Waals surface area contributed by atoms with Crippen LogP contribution in [0.3, 0.4) is 0 Å². The Morgan fingerprint density at radius 3 is 2.11 bits per heavy atom. The van der Waals surface area contributed by atoms with Crippen LogP contribution in [0, 0.1) is 0 Å². The number of benzene rings is 6. The third-order valence-electron chi connectivity index (χ3n) is 6.86. The summed E-state index contributed by atoms with van der Waals surface area (Å²) in [4.78, 5) is 0. The smallest absolute Gasteiger partial charge is 0.0590 e. The van der Waals surface area contributed by atoms with Crippen molar-refractivity contribution in [3.63, 3.8) is 0 Å². The standard InChI is InChI=1S/C34H23NS/c1-2-9-23(10-3-1)26-19-20-33-30(22-26)29-14-8-16-32(34(29)36-33)35-31-15-7-6-13-28(31)27-18-17-24-11-4-5-12-25(24)21-27/h1-22,35H. The van der Waals surface area contributed by atoms with Gasteiger partial charge >= 0.3 is 0 Å². The van der Waals surface area contributed by atoms with Crippen LogP contribution >= 0.6 is 11.3 Å². The summed E-state index contributed by atoms with van der Waals surface area (Å²) in [5.74, 6) is 0. The molecule has 0 bridgehead atoms. The van der Waals surface area contributed by atoms with Gasteiger partial charge in [0.05, 0.1) is 10.4 Å². The molecule has 7 aromatic rings. The largest absolute Gasteiger partial charge is 0.354 e. The van der Waals surface area contributed by atoms with Crippen LogP contribution in [0.1, 0.15) is 0 Å². The number of thiophene rings is 1. The van der Waals surface area contributed by atoms with Gasteiger partial charge in [-0.3, -0.25) is 0 Å². The quantitative estimate of drug-likeness (QED) is 0.266. The summed E-state index contributed by atoms with van der Waals surface area (Å²) in [5, 5.41) is 8.90. The molecule has 0 saturated heterocycles. The Kier molecular flexibility index (Phi) is 5.04. The van der Waals surface area contributed by atoms with Crippen LogP contribution < -0.4 is 5.32 Å². The molecule has 0 aliphatic rings. The van der Waals surface area contributed by atoms with Gasteiger partial charge in [-0.15, -0.1) is 11.3 Å². The van der Waals surface area contributed by atoms with Gasteiger partial charge in [-0.2, -0.15) is 0 Å². The van der Waals surface area contributed by atoms with E-state index in [-0.39, 0.29) is 0 Å². The highest BCUT2D eigenvalue weighted by Crippen LogP contribution is 2.41. The predicted octanol–water partition coefficient (Wildman–Crippen LogP) is 10.3. The van der Waals surface area contributed by atoms with Gasteiger partial charge in [0.15, 0.2) is 0 Å². The first-order chi connectivity index (χ1) is 17.8. The van der Waals surface area contributed by atoms with Crippen LogP contribution in [0.25, 0.3) is 53.2 Å². The second-order valence-corrected chi connectivity index (χ2v) is 10.1. The molecular formula is C34H23NS.